The molecule has 0 aromatic heterocycles. The summed E-state index contributed by atoms with van der Waals surface area (Å²) in [6.45, 7) is 4.79. The summed E-state index contributed by atoms with van der Waals surface area (Å²) in [4.78, 5) is 0. The molecule has 1 aromatic carbocycles. The van der Waals surface area contributed by atoms with Gasteiger partial charge in [-0.05, 0) is 12.1 Å². The molecule has 0 bridgehead atoms. The smallest absolute Gasteiger partial charge is 0.119 e. The van der Waals surface area contributed by atoms with E-state index >= 15 is 0 Å². The molecule has 0 atom stereocenters. The summed E-state index contributed by atoms with van der Waals surface area (Å²) >= 11 is 0. The summed E-state index contributed by atoms with van der Waals surface area (Å²) in [6.07, 6.45) is 2.32. The highest BCUT2D eigenvalue weighted by Crippen LogP contribution is 2.08. The van der Waals surface area contributed by atoms with Gasteiger partial charge in [0.15, 0.2) is 0 Å². The van der Waals surface area contributed by atoms with Gasteiger partial charge < -0.3 is 9.47 Å². The van der Waals surface area contributed by atoms with Gasteiger partial charge in [0.2, 0.25) is 0 Å². The van der Waals surface area contributed by atoms with Crippen molar-refractivity contribution in [2.24, 2.45) is 0 Å². The number of rotatable bonds is 6. The molecule has 0 spiro atoms. The largest absolute Gasteiger partial charge is 0.502 e. The summed E-state index contributed by atoms with van der Waals surface area (Å²) in [7, 11) is 0. The molecule has 2 heteroatoms. The average Bonchev–Trinajstić information content (AvgIpc) is 2.19. The number of hydrogen-bond acceptors (Lipinski definition) is 2. The van der Waals surface area contributed by atoms with Crippen molar-refractivity contribution in [1.82, 2.24) is 0 Å². The minimum atomic E-state index is 0.663. The van der Waals surface area contributed by atoms with E-state index in [9.17, 15) is 0 Å². The highest BCUT2D eigenvalue weighted by atomic mass is 16.5. The molecule has 1 rings (SSSR count). The Hall–Kier alpha value is -1.44. The van der Waals surface area contributed by atoms with E-state index < -0.39 is 0 Å². The van der Waals surface area contributed by atoms with Crippen LogP contribution in [0.4, 0.5) is 0 Å². The lowest BCUT2D eigenvalue weighted by Gasteiger charge is -2.04. The van der Waals surface area contributed by atoms with E-state index in [0.717, 1.165) is 12.2 Å². The van der Waals surface area contributed by atoms with Crippen molar-refractivity contribution in [1.29, 1.82) is 0 Å². The molecular weight excluding hydrogens is 164 g/mol. The van der Waals surface area contributed by atoms with Gasteiger partial charge in [-0.2, -0.15) is 0 Å². The molecule has 0 saturated heterocycles. The van der Waals surface area contributed by atoms with E-state index in [1.165, 1.54) is 6.26 Å². The highest BCUT2D eigenvalue weighted by Gasteiger charge is 1.90. The van der Waals surface area contributed by atoms with Crippen LogP contribution in [0.2, 0.25) is 0 Å². The summed E-state index contributed by atoms with van der Waals surface area (Å²) in [5.41, 5.74) is 0. The molecule has 13 heavy (non-hydrogen) atoms. The van der Waals surface area contributed by atoms with Gasteiger partial charge in [-0.15, -0.1) is 0 Å². The molecule has 0 unspecified atom stereocenters. The monoisotopic (exact) mass is 178 g/mol. The zero-order valence-electron chi connectivity index (χ0n) is 7.61. The molecule has 0 saturated carbocycles. The van der Waals surface area contributed by atoms with Gasteiger partial charge in [0, 0.05) is 6.42 Å². The maximum absolute atomic E-state index is 5.44. The standard InChI is InChI=1S/C11H14O2/c1-2-12-9-6-10-13-11-7-4-3-5-8-11/h2-5,7-8H,1,6,9-10H2. The molecule has 0 heterocycles. The van der Waals surface area contributed by atoms with Gasteiger partial charge in [0.25, 0.3) is 0 Å². The van der Waals surface area contributed by atoms with E-state index in [4.69, 9.17) is 9.47 Å². The number of ether oxygens (including phenoxy) is 2. The van der Waals surface area contributed by atoms with Crippen molar-refractivity contribution in [2.45, 2.75) is 6.42 Å². The minimum Gasteiger partial charge on any atom is -0.502 e. The van der Waals surface area contributed by atoms with Crippen LogP contribution in [0.15, 0.2) is 43.2 Å². The lowest BCUT2D eigenvalue weighted by molar-refractivity contribution is 0.209. The van der Waals surface area contributed by atoms with Crippen LogP contribution in [0.5, 0.6) is 5.75 Å². The van der Waals surface area contributed by atoms with Crippen molar-refractivity contribution >= 4 is 0 Å². The van der Waals surface area contributed by atoms with Crippen molar-refractivity contribution in [3.8, 4) is 5.75 Å². The molecule has 0 radical (unpaired) electrons. The summed E-state index contributed by atoms with van der Waals surface area (Å²) in [5, 5.41) is 0. The van der Waals surface area contributed by atoms with Crippen LogP contribution in [0, 0.1) is 0 Å². The van der Waals surface area contributed by atoms with Crippen LogP contribution in [0.25, 0.3) is 0 Å². The van der Waals surface area contributed by atoms with Crippen molar-refractivity contribution in [3.05, 3.63) is 43.2 Å². The highest BCUT2D eigenvalue weighted by molar-refractivity contribution is 5.20. The molecule has 0 aliphatic rings. The molecule has 0 N–H and O–H groups in total. The van der Waals surface area contributed by atoms with Gasteiger partial charge >= 0.3 is 0 Å². The second-order valence-corrected chi connectivity index (χ2v) is 2.55. The van der Waals surface area contributed by atoms with E-state index in [0.29, 0.717) is 13.2 Å². The van der Waals surface area contributed by atoms with Crippen molar-refractivity contribution < 1.29 is 9.47 Å². The molecule has 70 valence electrons. The Labute approximate surface area is 78.8 Å². The van der Waals surface area contributed by atoms with Crippen LogP contribution in [0.1, 0.15) is 6.42 Å². The predicted octanol–water partition coefficient (Wildman–Crippen LogP) is 2.62. The second kappa shape index (κ2) is 6.12. The lowest BCUT2D eigenvalue weighted by Crippen LogP contribution is -2.00. The molecule has 1 aromatic rings. The quantitative estimate of drug-likeness (QED) is 0.492. The Bertz CT molecular complexity index is 231. The third-order valence-corrected chi connectivity index (χ3v) is 1.54. The first-order chi connectivity index (χ1) is 6.43. The van der Waals surface area contributed by atoms with Gasteiger partial charge in [0.05, 0.1) is 19.5 Å². The Kier molecular flexibility index (Phi) is 4.54. The van der Waals surface area contributed by atoms with Crippen LogP contribution in [0.3, 0.4) is 0 Å². The topological polar surface area (TPSA) is 18.5 Å². The van der Waals surface area contributed by atoms with E-state index in [-0.39, 0.29) is 0 Å². The van der Waals surface area contributed by atoms with E-state index in [2.05, 4.69) is 6.58 Å². The van der Waals surface area contributed by atoms with Gasteiger partial charge in [-0.25, -0.2) is 0 Å². The van der Waals surface area contributed by atoms with Crippen LogP contribution >= 0.6 is 0 Å². The fourth-order valence-corrected chi connectivity index (χ4v) is 0.932. The first-order valence-electron chi connectivity index (χ1n) is 4.34. The molecular formula is C11H14O2. The third kappa shape index (κ3) is 4.21. The normalized spacial score (nSPS) is 9.23. The average molecular weight is 178 g/mol. The number of para-hydroxylation sites is 1. The lowest BCUT2D eigenvalue weighted by atomic mass is 10.3. The third-order valence-electron chi connectivity index (χ3n) is 1.54. The second-order valence-electron chi connectivity index (χ2n) is 2.55. The minimum absolute atomic E-state index is 0.663. The molecule has 2 nitrogen and oxygen atoms in total. The Morgan fingerprint density at radius 2 is 1.92 bits per heavy atom. The number of hydrogen-bond donors (Lipinski definition) is 0. The van der Waals surface area contributed by atoms with Gasteiger partial charge in [-0.3, -0.25) is 0 Å². The molecule has 0 amide bonds. The van der Waals surface area contributed by atoms with E-state index in [1.807, 2.05) is 30.3 Å². The summed E-state index contributed by atoms with van der Waals surface area (Å²) in [6, 6.07) is 9.75. The van der Waals surface area contributed by atoms with Gasteiger partial charge in [0.1, 0.15) is 5.75 Å². The van der Waals surface area contributed by atoms with Crippen LogP contribution < -0.4 is 4.74 Å². The van der Waals surface area contributed by atoms with Gasteiger partial charge in [-0.1, -0.05) is 24.8 Å². The number of benzene rings is 1. The maximum Gasteiger partial charge on any atom is 0.119 e. The fourth-order valence-electron chi connectivity index (χ4n) is 0.932. The molecule has 0 aliphatic heterocycles. The van der Waals surface area contributed by atoms with Crippen LogP contribution in [-0.4, -0.2) is 13.2 Å². The molecule has 0 fully saturated rings. The Morgan fingerprint density at radius 1 is 1.15 bits per heavy atom. The first kappa shape index (κ1) is 9.65. The summed E-state index contributed by atoms with van der Waals surface area (Å²) < 4.78 is 10.4. The fraction of sp³-hybridized carbons (Fsp3) is 0.273. The zero-order chi connectivity index (χ0) is 9.36. The first-order valence-corrected chi connectivity index (χ1v) is 4.34. The van der Waals surface area contributed by atoms with E-state index in [1.54, 1.807) is 0 Å². The zero-order valence-corrected chi connectivity index (χ0v) is 7.61. The SMILES string of the molecule is C=COCCCOc1ccccc1. The van der Waals surface area contributed by atoms with Crippen molar-refractivity contribution in [2.75, 3.05) is 13.2 Å². The molecule has 0 aliphatic carbocycles. The van der Waals surface area contributed by atoms with Crippen molar-refractivity contribution in [3.63, 3.8) is 0 Å². The van der Waals surface area contributed by atoms with Crippen LogP contribution in [-0.2, 0) is 4.74 Å². The summed E-state index contributed by atoms with van der Waals surface area (Å²) in [5.74, 6) is 0.904. The Balaban J connectivity index is 2.10. The predicted molar refractivity (Wildman–Crippen MR) is 52.7 cm³/mol. The Morgan fingerprint density at radius 3 is 2.62 bits per heavy atom. The maximum atomic E-state index is 5.44.